The Morgan fingerprint density at radius 3 is 2.61 bits per heavy atom. The minimum atomic E-state index is -1.38. The summed E-state index contributed by atoms with van der Waals surface area (Å²) in [6.45, 7) is 1.79. The number of carboxylic acid groups (broad SMARTS) is 1. The Balaban J connectivity index is 2.74. The first-order valence-corrected chi connectivity index (χ1v) is 6.67. The number of ether oxygens (including phenoxy) is 1. The third kappa shape index (κ3) is 5.85. The normalized spacial score (nSPS) is 12.0. The van der Waals surface area contributed by atoms with E-state index in [-0.39, 0.29) is 13.0 Å². The maximum absolute atomic E-state index is 13.5. The summed E-state index contributed by atoms with van der Waals surface area (Å²) in [5, 5.41) is 11.1. The lowest BCUT2D eigenvalue weighted by Gasteiger charge is -2.13. The quantitative estimate of drug-likeness (QED) is 0.587. The number of esters is 1. The summed E-state index contributed by atoms with van der Waals surface area (Å²) in [6.07, 6.45) is 2.05. The Bertz CT molecular complexity index is 630. The van der Waals surface area contributed by atoms with Gasteiger partial charge in [0.1, 0.15) is 17.7 Å². The molecular formula is C15H15F2NO5. The molecule has 0 radical (unpaired) electrons. The molecule has 2 N–H and O–H groups in total. The van der Waals surface area contributed by atoms with Crippen LogP contribution in [0.15, 0.2) is 30.4 Å². The maximum Gasteiger partial charge on any atom is 0.330 e. The van der Waals surface area contributed by atoms with Gasteiger partial charge in [-0.2, -0.15) is 0 Å². The van der Waals surface area contributed by atoms with Crippen molar-refractivity contribution in [3.05, 3.63) is 47.5 Å². The highest BCUT2D eigenvalue weighted by atomic mass is 19.1. The second kappa shape index (κ2) is 8.62. The fraction of sp³-hybridized carbons (Fsp3) is 0.267. The van der Waals surface area contributed by atoms with Crippen molar-refractivity contribution >= 4 is 17.8 Å². The number of nitrogens with one attached hydrogen (secondary N) is 1. The first kappa shape index (κ1) is 18.3. The van der Waals surface area contributed by atoms with Crippen LogP contribution in [0.1, 0.15) is 23.7 Å². The highest BCUT2D eigenvalue weighted by Crippen LogP contribution is 2.10. The summed E-state index contributed by atoms with van der Waals surface area (Å²) in [6, 6.07) is 0.935. The Morgan fingerprint density at radius 2 is 2.04 bits per heavy atom. The maximum atomic E-state index is 13.5. The fourth-order valence-electron chi connectivity index (χ4n) is 1.62. The topological polar surface area (TPSA) is 92.7 Å². The number of halogens is 2. The van der Waals surface area contributed by atoms with Gasteiger partial charge in [-0.25, -0.2) is 18.4 Å². The van der Waals surface area contributed by atoms with Crippen molar-refractivity contribution in [2.45, 2.75) is 19.4 Å². The summed E-state index contributed by atoms with van der Waals surface area (Å²) in [5.41, 5.74) is -0.480. The van der Waals surface area contributed by atoms with E-state index in [2.05, 4.69) is 10.1 Å². The lowest BCUT2D eigenvalue weighted by molar-refractivity contribution is -0.139. The van der Waals surface area contributed by atoms with E-state index in [0.29, 0.717) is 6.07 Å². The first-order chi connectivity index (χ1) is 10.8. The van der Waals surface area contributed by atoms with Crippen LogP contribution >= 0.6 is 0 Å². The molecule has 0 aliphatic carbocycles. The predicted octanol–water partition coefficient (Wildman–Crippen LogP) is 1.66. The molecule has 0 unspecified atom stereocenters. The van der Waals surface area contributed by atoms with E-state index in [1.807, 2.05) is 0 Å². The van der Waals surface area contributed by atoms with Crippen LogP contribution in [0.2, 0.25) is 0 Å². The van der Waals surface area contributed by atoms with Crippen molar-refractivity contribution in [3.63, 3.8) is 0 Å². The molecule has 1 aromatic carbocycles. The standard InChI is InChI=1S/C15H15F2NO5/c1-2-23-13(19)5-3-4-12(15(21)22)18-14(20)10-7-6-9(16)8-11(10)17/h3,5-8,12H,2,4H2,1H3,(H,18,20)(H,21,22)/b5-3+/t12-/m0/s1. The second-order valence-electron chi connectivity index (χ2n) is 4.38. The van der Waals surface area contributed by atoms with Crippen molar-refractivity contribution in [2.75, 3.05) is 6.61 Å². The van der Waals surface area contributed by atoms with Gasteiger partial charge in [0.25, 0.3) is 5.91 Å². The Hall–Kier alpha value is -2.77. The number of carbonyl (C=O) groups excluding carboxylic acids is 2. The highest BCUT2D eigenvalue weighted by molar-refractivity contribution is 5.96. The van der Waals surface area contributed by atoms with Crippen LogP contribution in [0.25, 0.3) is 0 Å². The molecule has 0 aliphatic heterocycles. The smallest absolute Gasteiger partial charge is 0.330 e. The number of hydrogen-bond donors (Lipinski definition) is 2. The SMILES string of the molecule is CCOC(=O)/C=C/C[C@H](NC(=O)c1ccc(F)cc1F)C(=O)O. The molecule has 0 aliphatic rings. The molecular weight excluding hydrogens is 312 g/mol. The Labute approximate surface area is 130 Å². The number of carboxylic acids is 1. The van der Waals surface area contributed by atoms with E-state index >= 15 is 0 Å². The number of carbonyl (C=O) groups is 3. The van der Waals surface area contributed by atoms with Gasteiger partial charge in [0.15, 0.2) is 0 Å². The van der Waals surface area contributed by atoms with Crippen molar-refractivity contribution in [2.24, 2.45) is 0 Å². The van der Waals surface area contributed by atoms with E-state index in [4.69, 9.17) is 5.11 Å². The molecule has 0 aromatic heterocycles. The Morgan fingerprint density at radius 1 is 1.35 bits per heavy atom. The molecule has 1 rings (SSSR count). The summed E-state index contributed by atoms with van der Waals surface area (Å²) in [5.74, 6) is -4.97. The fourth-order valence-corrected chi connectivity index (χ4v) is 1.62. The summed E-state index contributed by atoms with van der Waals surface area (Å²) < 4.78 is 30.9. The molecule has 23 heavy (non-hydrogen) atoms. The van der Waals surface area contributed by atoms with Gasteiger partial charge < -0.3 is 15.2 Å². The number of benzene rings is 1. The summed E-state index contributed by atoms with van der Waals surface area (Å²) in [7, 11) is 0. The van der Waals surface area contributed by atoms with Crippen LogP contribution in [-0.4, -0.2) is 35.6 Å². The van der Waals surface area contributed by atoms with Gasteiger partial charge in [-0.15, -0.1) is 0 Å². The monoisotopic (exact) mass is 327 g/mol. The molecule has 0 saturated carbocycles. The second-order valence-corrected chi connectivity index (χ2v) is 4.38. The van der Waals surface area contributed by atoms with Crippen LogP contribution in [0, 0.1) is 11.6 Å². The average molecular weight is 327 g/mol. The molecule has 124 valence electrons. The van der Waals surface area contributed by atoms with E-state index in [9.17, 15) is 23.2 Å². The summed E-state index contributed by atoms with van der Waals surface area (Å²) in [4.78, 5) is 34.0. The van der Waals surface area contributed by atoms with Crippen LogP contribution in [0.3, 0.4) is 0 Å². The first-order valence-electron chi connectivity index (χ1n) is 6.67. The number of hydrogen-bond acceptors (Lipinski definition) is 4. The Kier molecular flexibility index (Phi) is 6.85. The molecule has 0 fully saturated rings. The van der Waals surface area contributed by atoms with Crippen molar-refractivity contribution < 1.29 is 33.0 Å². The number of amides is 1. The number of rotatable bonds is 7. The average Bonchev–Trinajstić information content (AvgIpc) is 2.46. The molecule has 0 heterocycles. The largest absolute Gasteiger partial charge is 0.480 e. The van der Waals surface area contributed by atoms with Crippen molar-refractivity contribution in [1.82, 2.24) is 5.32 Å². The summed E-state index contributed by atoms with van der Waals surface area (Å²) >= 11 is 0. The lowest BCUT2D eigenvalue weighted by Crippen LogP contribution is -2.40. The molecule has 1 aromatic rings. The van der Waals surface area contributed by atoms with Gasteiger partial charge in [-0.1, -0.05) is 6.08 Å². The van der Waals surface area contributed by atoms with Crippen molar-refractivity contribution in [3.8, 4) is 0 Å². The molecule has 6 nitrogen and oxygen atoms in total. The van der Waals surface area contributed by atoms with E-state index in [1.54, 1.807) is 6.92 Å². The molecule has 0 saturated heterocycles. The van der Waals surface area contributed by atoms with Gasteiger partial charge in [0.2, 0.25) is 0 Å². The van der Waals surface area contributed by atoms with E-state index < -0.39 is 41.1 Å². The zero-order chi connectivity index (χ0) is 17.4. The zero-order valence-electron chi connectivity index (χ0n) is 12.2. The minimum Gasteiger partial charge on any atom is -0.480 e. The van der Waals surface area contributed by atoms with Crippen molar-refractivity contribution in [1.29, 1.82) is 0 Å². The van der Waals surface area contributed by atoms with E-state index in [0.717, 1.165) is 18.2 Å². The van der Waals surface area contributed by atoms with Gasteiger partial charge in [-0.05, 0) is 25.5 Å². The van der Waals surface area contributed by atoms with E-state index in [1.165, 1.54) is 6.08 Å². The molecule has 1 amide bonds. The van der Waals surface area contributed by atoms with Gasteiger partial charge in [0.05, 0.1) is 12.2 Å². The minimum absolute atomic E-state index is 0.173. The van der Waals surface area contributed by atoms with Crippen LogP contribution in [0.4, 0.5) is 8.78 Å². The zero-order valence-corrected chi connectivity index (χ0v) is 12.2. The van der Waals surface area contributed by atoms with Gasteiger partial charge in [0, 0.05) is 12.1 Å². The predicted molar refractivity (Wildman–Crippen MR) is 75.6 cm³/mol. The lowest BCUT2D eigenvalue weighted by atomic mass is 10.1. The van der Waals surface area contributed by atoms with Crippen LogP contribution < -0.4 is 5.32 Å². The van der Waals surface area contributed by atoms with Crippen LogP contribution in [0.5, 0.6) is 0 Å². The van der Waals surface area contributed by atoms with Gasteiger partial charge >= 0.3 is 11.9 Å². The third-order valence-corrected chi connectivity index (χ3v) is 2.69. The molecule has 1 atom stereocenters. The van der Waals surface area contributed by atoms with Gasteiger partial charge in [-0.3, -0.25) is 4.79 Å². The molecule has 0 bridgehead atoms. The van der Waals surface area contributed by atoms with Crippen LogP contribution in [-0.2, 0) is 14.3 Å². The highest BCUT2D eigenvalue weighted by Gasteiger charge is 2.21. The third-order valence-electron chi connectivity index (χ3n) is 2.69. The molecule has 8 heteroatoms. The molecule has 0 spiro atoms. The number of aliphatic carboxylic acids is 1.